The van der Waals surface area contributed by atoms with E-state index in [9.17, 15) is 0 Å². The number of thioether (sulfide) groups is 1. The van der Waals surface area contributed by atoms with Crippen LogP contribution in [0.5, 0.6) is 5.75 Å². The Bertz CT molecular complexity index is 900. The molecule has 0 amide bonds. The molecule has 1 atom stereocenters. The van der Waals surface area contributed by atoms with Crippen LogP contribution in [0.15, 0.2) is 51.4 Å². The van der Waals surface area contributed by atoms with E-state index in [-0.39, 0.29) is 6.10 Å². The average molecular weight is 432 g/mol. The number of aryl methyl sites for hydroxylation is 1. The summed E-state index contributed by atoms with van der Waals surface area (Å²) < 4.78 is 5.20. The largest absolute Gasteiger partial charge is 0.497 e. The fourth-order valence-electron chi connectivity index (χ4n) is 2.86. The molecule has 0 saturated heterocycles. The van der Waals surface area contributed by atoms with Gasteiger partial charge in [-0.15, -0.1) is 11.8 Å². The Balaban J connectivity index is 1.61. The molecule has 1 heterocycles. The maximum atomic E-state index is 6.47. The number of hydrogen-bond acceptors (Lipinski definition) is 5. The Labute approximate surface area is 181 Å². The van der Waals surface area contributed by atoms with Gasteiger partial charge in [0.05, 0.1) is 29.9 Å². The van der Waals surface area contributed by atoms with Gasteiger partial charge in [-0.25, -0.2) is 4.99 Å². The second kappa shape index (κ2) is 10.0. The zero-order valence-corrected chi connectivity index (χ0v) is 18.8. The second-order valence-corrected chi connectivity index (χ2v) is 8.39. The number of hydrogen-bond donors (Lipinski definition) is 0. The first-order valence-corrected chi connectivity index (χ1v) is 10.9. The minimum absolute atomic E-state index is 0.0474. The summed E-state index contributed by atoms with van der Waals surface area (Å²) in [7, 11) is 3.65. The van der Waals surface area contributed by atoms with Gasteiger partial charge in [-0.3, -0.25) is 0 Å². The predicted octanol–water partition coefficient (Wildman–Crippen LogP) is 5.55. The van der Waals surface area contributed by atoms with E-state index in [1.54, 1.807) is 25.2 Å². The molecule has 1 aliphatic heterocycles. The molecule has 154 valence electrons. The number of nitrogens with zero attached hydrogens (tertiary/aromatic N) is 3. The summed E-state index contributed by atoms with van der Waals surface area (Å²) in [5.74, 6) is 1.69. The van der Waals surface area contributed by atoms with Crippen molar-refractivity contribution in [2.75, 3.05) is 26.5 Å². The van der Waals surface area contributed by atoms with Crippen LogP contribution in [0.3, 0.4) is 0 Å². The van der Waals surface area contributed by atoms with Crippen molar-refractivity contribution in [3.63, 3.8) is 0 Å². The topological polar surface area (TPSA) is 46.4 Å². The van der Waals surface area contributed by atoms with Crippen LogP contribution in [0.25, 0.3) is 0 Å². The van der Waals surface area contributed by atoms with Crippen LogP contribution in [-0.2, 0) is 4.84 Å². The quantitative estimate of drug-likeness (QED) is 0.312. The van der Waals surface area contributed by atoms with Gasteiger partial charge >= 0.3 is 0 Å². The molecule has 1 aliphatic rings. The molecule has 2 aromatic rings. The molecule has 3 rings (SSSR count). The van der Waals surface area contributed by atoms with E-state index in [1.807, 2.05) is 36.2 Å². The third-order valence-electron chi connectivity index (χ3n) is 4.73. The molecule has 7 heteroatoms. The average Bonchev–Trinajstić information content (AvgIpc) is 3.21. The van der Waals surface area contributed by atoms with Crippen molar-refractivity contribution in [2.45, 2.75) is 31.3 Å². The van der Waals surface area contributed by atoms with Gasteiger partial charge in [0.25, 0.3) is 0 Å². The van der Waals surface area contributed by atoms with Gasteiger partial charge < -0.3 is 14.5 Å². The summed E-state index contributed by atoms with van der Waals surface area (Å²) >= 11 is 8.22. The maximum absolute atomic E-state index is 6.47. The summed E-state index contributed by atoms with van der Waals surface area (Å²) in [4.78, 5) is 13.3. The molecule has 0 spiro atoms. The Hall–Kier alpha value is -2.18. The van der Waals surface area contributed by atoms with Crippen LogP contribution in [-0.4, -0.2) is 49.5 Å². The maximum Gasteiger partial charge on any atom is 0.142 e. The van der Waals surface area contributed by atoms with Crippen molar-refractivity contribution in [1.82, 2.24) is 4.90 Å². The van der Waals surface area contributed by atoms with Crippen molar-refractivity contribution in [1.29, 1.82) is 0 Å². The molecule has 5 nitrogen and oxygen atoms in total. The summed E-state index contributed by atoms with van der Waals surface area (Å²) in [5.41, 5.74) is 3.81. The molecule has 0 fully saturated rings. The lowest BCUT2D eigenvalue weighted by molar-refractivity contribution is 0.103. The van der Waals surface area contributed by atoms with Crippen molar-refractivity contribution >= 4 is 41.1 Å². The highest BCUT2D eigenvalue weighted by Crippen LogP contribution is 2.32. The fraction of sp³-hybridized carbons (Fsp3) is 0.364. The van der Waals surface area contributed by atoms with Crippen LogP contribution in [0.4, 0.5) is 5.69 Å². The molecule has 1 unspecified atom stereocenters. The number of halogens is 1. The van der Waals surface area contributed by atoms with Gasteiger partial charge in [0.2, 0.25) is 0 Å². The van der Waals surface area contributed by atoms with Crippen LogP contribution in [0.2, 0.25) is 5.02 Å². The SMILES string of the molecule is CCN(C)/C=N\c1cc(C)c(C2=NOC(CSc3ccc(OC)cc3)C2)cc1Cl. The van der Waals surface area contributed by atoms with E-state index >= 15 is 0 Å². The normalized spacial score (nSPS) is 16.0. The molecular formula is C22H26ClN3O2S. The Morgan fingerprint density at radius 1 is 1.34 bits per heavy atom. The summed E-state index contributed by atoms with van der Waals surface area (Å²) in [5, 5.41) is 4.94. The highest BCUT2D eigenvalue weighted by Gasteiger charge is 2.24. The lowest BCUT2D eigenvalue weighted by Gasteiger charge is -2.11. The molecule has 29 heavy (non-hydrogen) atoms. The van der Waals surface area contributed by atoms with Crippen molar-refractivity contribution < 1.29 is 9.57 Å². The minimum atomic E-state index is 0.0474. The first-order chi connectivity index (χ1) is 14.0. The number of rotatable bonds is 8. The first-order valence-electron chi connectivity index (χ1n) is 9.54. The lowest BCUT2D eigenvalue weighted by atomic mass is 10.00. The minimum Gasteiger partial charge on any atom is -0.497 e. The predicted molar refractivity (Wildman–Crippen MR) is 122 cm³/mol. The van der Waals surface area contributed by atoms with Crippen LogP contribution in [0, 0.1) is 6.92 Å². The van der Waals surface area contributed by atoms with Crippen molar-refractivity contribution in [3.05, 3.63) is 52.5 Å². The summed E-state index contributed by atoms with van der Waals surface area (Å²) in [6, 6.07) is 12.0. The zero-order valence-electron chi connectivity index (χ0n) is 17.2. The Morgan fingerprint density at radius 2 is 2.10 bits per heavy atom. The molecular weight excluding hydrogens is 406 g/mol. The van der Waals surface area contributed by atoms with E-state index < -0.39 is 0 Å². The molecule has 0 N–H and O–H groups in total. The number of methoxy groups -OCH3 is 1. The molecule has 0 aliphatic carbocycles. The number of aliphatic imine (C=N–C) groups is 1. The highest BCUT2D eigenvalue weighted by atomic mass is 35.5. The van der Waals surface area contributed by atoms with E-state index in [1.165, 1.54) is 4.90 Å². The number of benzene rings is 2. The molecule has 0 aromatic heterocycles. The van der Waals surface area contributed by atoms with Gasteiger partial charge in [-0.1, -0.05) is 16.8 Å². The second-order valence-electron chi connectivity index (χ2n) is 6.89. The molecule has 0 bridgehead atoms. The third-order valence-corrected chi connectivity index (χ3v) is 6.17. The number of ether oxygens (including phenoxy) is 1. The van der Waals surface area contributed by atoms with Gasteiger partial charge in [0.15, 0.2) is 0 Å². The zero-order chi connectivity index (χ0) is 20.8. The lowest BCUT2D eigenvalue weighted by Crippen LogP contribution is -2.14. The van der Waals surface area contributed by atoms with Crippen LogP contribution in [0.1, 0.15) is 24.5 Å². The van der Waals surface area contributed by atoms with Gasteiger partial charge in [0, 0.05) is 36.2 Å². The van der Waals surface area contributed by atoms with Gasteiger partial charge in [0.1, 0.15) is 11.9 Å². The Morgan fingerprint density at radius 3 is 2.79 bits per heavy atom. The van der Waals surface area contributed by atoms with E-state index in [2.05, 4.69) is 36.1 Å². The molecule has 2 aromatic carbocycles. The molecule has 0 saturated carbocycles. The van der Waals surface area contributed by atoms with Gasteiger partial charge in [-0.2, -0.15) is 0 Å². The first kappa shape index (κ1) is 21.5. The van der Waals surface area contributed by atoms with Crippen molar-refractivity contribution in [3.8, 4) is 5.75 Å². The summed E-state index contributed by atoms with van der Waals surface area (Å²) in [6.45, 7) is 5.02. The van der Waals surface area contributed by atoms with Crippen LogP contribution < -0.4 is 4.74 Å². The third kappa shape index (κ3) is 5.67. The van der Waals surface area contributed by atoms with E-state index in [0.29, 0.717) is 5.02 Å². The van der Waals surface area contributed by atoms with E-state index in [4.69, 9.17) is 21.2 Å². The standard InChI is InChI=1S/C22H26ClN3O2S/c1-5-26(3)14-24-22-10-15(2)19(12-20(22)23)21-11-17(28-25-21)13-29-18-8-6-16(27-4)7-9-18/h6-10,12,14,17H,5,11,13H2,1-4H3/b24-14-. The Kier molecular flexibility index (Phi) is 7.45. The fourth-order valence-corrected chi connectivity index (χ4v) is 3.95. The van der Waals surface area contributed by atoms with E-state index in [0.717, 1.165) is 47.0 Å². The number of oxime groups is 1. The van der Waals surface area contributed by atoms with Crippen LogP contribution >= 0.6 is 23.4 Å². The monoisotopic (exact) mass is 431 g/mol. The van der Waals surface area contributed by atoms with Gasteiger partial charge in [-0.05, 0) is 55.8 Å². The highest BCUT2D eigenvalue weighted by molar-refractivity contribution is 7.99. The smallest absolute Gasteiger partial charge is 0.142 e. The van der Waals surface area contributed by atoms with Crippen molar-refractivity contribution in [2.24, 2.45) is 10.1 Å². The molecule has 0 radical (unpaired) electrons. The summed E-state index contributed by atoms with van der Waals surface area (Å²) in [6.07, 6.45) is 2.61.